The van der Waals surface area contributed by atoms with E-state index in [0.717, 1.165) is 11.1 Å². The van der Waals surface area contributed by atoms with Crippen LogP contribution < -0.4 is 11.1 Å². The largest absolute Gasteiger partial charge is 0.318 e. The van der Waals surface area contributed by atoms with Gasteiger partial charge in [-0.25, -0.2) is 0 Å². The van der Waals surface area contributed by atoms with Gasteiger partial charge in [0.05, 0.1) is 8.80 Å². The number of pyridine rings is 2. The third-order valence-electron chi connectivity index (χ3n) is 3.14. The molecule has 2 rings (SSSR count). The van der Waals surface area contributed by atoms with Crippen molar-refractivity contribution in [2.24, 2.45) is 0 Å². The highest BCUT2D eigenvalue weighted by atomic mass is 28.3. The van der Waals surface area contributed by atoms with Gasteiger partial charge in [0, 0.05) is 36.9 Å². The molecule has 0 bridgehead atoms. The van der Waals surface area contributed by atoms with Crippen LogP contribution in [-0.4, -0.2) is 17.9 Å². The lowest BCUT2D eigenvalue weighted by atomic mass is 10.3. The van der Waals surface area contributed by atoms with Crippen LogP contribution >= 0.6 is 0 Å². The van der Waals surface area contributed by atoms with Crippen molar-refractivity contribution >= 4 is 8.80 Å². The Kier molecular flexibility index (Phi) is 4.39. The molecule has 0 N–H and O–H groups in total. The molecule has 0 spiro atoms. The first kappa shape index (κ1) is 14.5. The minimum Gasteiger partial charge on any atom is -0.318 e. The Morgan fingerprint density at radius 1 is 0.850 bits per heavy atom. The zero-order valence-electron chi connectivity index (χ0n) is 12.1. The van der Waals surface area contributed by atoms with Crippen molar-refractivity contribution in [3.63, 3.8) is 0 Å². The lowest BCUT2D eigenvalue weighted by Gasteiger charge is -2.14. The third-order valence-corrected chi connectivity index (χ3v) is 4.90. The minimum atomic E-state index is -0.846. The van der Waals surface area contributed by atoms with Crippen molar-refractivity contribution in [1.29, 1.82) is 0 Å². The number of aromatic nitrogens is 2. The molecule has 1 radical (unpaired) electrons. The van der Waals surface area contributed by atoms with Gasteiger partial charge >= 0.3 is 0 Å². The lowest BCUT2D eigenvalue weighted by Crippen LogP contribution is -2.33. The van der Waals surface area contributed by atoms with Crippen LogP contribution in [-0.2, 0) is 12.3 Å². The normalized spacial score (nSPS) is 11.0. The fraction of sp³-hybridized carbons (Fsp3) is 0.333. The maximum Gasteiger partial charge on any atom is 0.250 e. The van der Waals surface area contributed by atoms with E-state index in [1.807, 2.05) is 38.4 Å². The monoisotopic (exact) mass is 287 g/mol. The second-order valence-electron chi connectivity index (χ2n) is 5.30. The van der Waals surface area contributed by atoms with Crippen molar-refractivity contribution in [3.8, 4) is 0 Å². The Balaban J connectivity index is 2.15. The molecule has 105 valence electrons. The molecular weight excluding hydrogens is 268 g/mol. The standard InChI is InChI=1S/C15H19N2O2Si/c1-12-4-6-14(18)16(8-12)10-20(3)11-17-9-13(2)5-7-15(17)19/h4-9H,10-11H2,1-3H3. The molecule has 20 heavy (non-hydrogen) atoms. The first-order valence-electron chi connectivity index (χ1n) is 6.61. The zero-order valence-corrected chi connectivity index (χ0v) is 13.1. The van der Waals surface area contributed by atoms with Gasteiger partial charge in [-0.3, -0.25) is 9.59 Å². The number of rotatable bonds is 4. The van der Waals surface area contributed by atoms with Crippen LogP contribution in [0.2, 0.25) is 6.55 Å². The maximum atomic E-state index is 11.8. The van der Waals surface area contributed by atoms with E-state index in [-0.39, 0.29) is 11.1 Å². The molecular formula is C15H19N2O2Si. The molecule has 0 saturated carbocycles. The fourth-order valence-corrected chi connectivity index (χ4v) is 3.94. The number of hydrogen-bond donors (Lipinski definition) is 0. The quantitative estimate of drug-likeness (QED) is 0.801. The molecule has 0 atom stereocenters. The summed E-state index contributed by atoms with van der Waals surface area (Å²) in [7, 11) is -0.846. The zero-order chi connectivity index (χ0) is 14.7. The third kappa shape index (κ3) is 3.57. The number of hydrogen-bond acceptors (Lipinski definition) is 2. The van der Waals surface area contributed by atoms with E-state index in [9.17, 15) is 9.59 Å². The highest BCUT2D eigenvalue weighted by Gasteiger charge is 2.09. The van der Waals surface area contributed by atoms with Gasteiger partial charge in [-0.1, -0.05) is 18.7 Å². The topological polar surface area (TPSA) is 44.0 Å². The molecule has 0 unspecified atom stereocenters. The molecule has 0 aromatic carbocycles. The van der Waals surface area contributed by atoms with Gasteiger partial charge in [-0.15, -0.1) is 0 Å². The summed E-state index contributed by atoms with van der Waals surface area (Å²) in [4.78, 5) is 23.6. The summed E-state index contributed by atoms with van der Waals surface area (Å²) in [5.74, 6) is 0. The molecule has 5 heteroatoms. The Bertz CT molecular complexity index is 657. The van der Waals surface area contributed by atoms with Crippen molar-refractivity contribution in [3.05, 3.63) is 68.5 Å². The van der Waals surface area contributed by atoms with Gasteiger partial charge in [0.25, 0.3) is 0 Å². The van der Waals surface area contributed by atoms with Crippen LogP contribution in [0.1, 0.15) is 11.1 Å². The van der Waals surface area contributed by atoms with E-state index in [1.165, 1.54) is 0 Å². The predicted octanol–water partition coefficient (Wildman–Crippen LogP) is 1.53. The highest BCUT2D eigenvalue weighted by molar-refractivity contribution is 6.54. The summed E-state index contributed by atoms with van der Waals surface area (Å²) in [6, 6.07) is 6.85. The molecule has 2 heterocycles. The molecule has 0 aliphatic rings. The summed E-state index contributed by atoms with van der Waals surface area (Å²) in [6.07, 6.45) is 5.20. The van der Waals surface area contributed by atoms with Crippen LogP contribution in [0, 0.1) is 13.8 Å². The molecule has 0 aliphatic carbocycles. The van der Waals surface area contributed by atoms with E-state index in [2.05, 4.69) is 6.55 Å². The van der Waals surface area contributed by atoms with Crippen LogP contribution in [0.4, 0.5) is 0 Å². The summed E-state index contributed by atoms with van der Waals surface area (Å²) < 4.78 is 3.51. The Hall–Kier alpha value is -1.88. The smallest absolute Gasteiger partial charge is 0.250 e. The molecule has 0 aliphatic heterocycles. The first-order chi connectivity index (χ1) is 9.45. The second-order valence-corrected chi connectivity index (χ2v) is 7.85. The van der Waals surface area contributed by atoms with E-state index in [1.54, 1.807) is 21.3 Å². The van der Waals surface area contributed by atoms with E-state index >= 15 is 0 Å². The van der Waals surface area contributed by atoms with E-state index in [4.69, 9.17) is 0 Å². The van der Waals surface area contributed by atoms with E-state index in [0.29, 0.717) is 12.3 Å². The Morgan fingerprint density at radius 3 is 1.65 bits per heavy atom. The summed E-state index contributed by atoms with van der Waals surface area (Å²) in [5, 5.41) is 0. The van der Waals surface area contributed by atoms with Crippen molar-refractivity contribution in [2.75, 3.05) is 0 Å². The summed E-state index contributed by atoms with van der Waals surface area (Å²) in [6.45, 7) is 6.10. The van der Waals surface area contributed by atoms with Crippen molar-refractivity contribution in [2.45, 2.75) is 32.7 Å². The highest BCUT2D eigenvalue weighted by Crippen LogP contribution is 1.98. The predicted molar refractivity (Wildman–Crippen MR) is 82.5 cm³/mol. The maximum absolute atomic E-state index is 11.8. The van der Waals surface area contributed by atoms with Crippen molar-refractivity contribution < 1.29 is 0 Å². The summed E-state index contributed by atoms with van der Waals surface area (Å²) in [5.41, 5.74) is 2.20. The molecule has 0 saturated heterocycles. The van der Waals surface area contributed by atoms with Crippen LogP contribution in [0.25, 0.3) is 0 Å². The van der Waals surface area contributed by atoms with Crippen LogP contribution in [0.3, 0.4) is 0 Å². The van der Waals surface area contributed by atoms with Gasteiger partial charge in [-0.05, 0) is 25.0 Å². The lowest BCUT2D eigenvalue weighted by molar-refractivity contribution is 0.759. The molecule has 0 amide bonds. The molecule has 4 nitrogen and oxygen atoms in total. The molecule has 2 aromatic rings. The van der Waals surface area contributed by atoms with Gasteiger partial charge in [-0.2, -0.15) is 0 Å². The van der Waals surface area contributed by atoms with Crippen LogP contribution in [0.5, 0.6) is 0 Å². The number of aryl methyl sites for hydroxylation is 2. The fourth-order valence-electron chi connectivity index (χ4n) is 2.18. The Labute approximate surface area is 119 Å². The molecule has 0 fully saturated rings. The number of nitrogens with zero attached hydrogens (tertiary/aromatic N) is 2. The van der Waals surface area contributed by atoms with Gasteiger partial charge in [0.15, 0.2) is 0 Å². The minimum absolute atomic E-state index is 0.0246. The average molecular weight is 287 g/mol. The second kappa shape index (κ2) is 6.05. The van der Waals surface area contributed by atoms with Crippen molar-refractivity contribution in [1.82, 2.24) is 9.13 Å². The molecule has 2 aromatic heterocycles. The Morgan fingerprint density at radius 2 is 1.25 bits per heavy atom. The first-order valence-corrected chi connectivity index (χ1v) is 9.02. The SMILES string of the molecule is Cc1ccc(=O)n(C[Si](C)Cn2cc(C)ccc2=O)c1. The van der Waals surface area contributed by atoms with Gasteiger partial charge < -0.3 is 9.13 Å². The summed E-state index contributed by atoms with van der Waals surface area (Å²) >= 11 is 0. The van der Waals surface area contributed by atoms with E-state index < -0.39 is 8.80 Å². The average Bonchev–Trinajstić information content (AvgIpc) is 2.38. The van der Waals surface area contributed by atoms with Gasteiger partial charge in [0.1, 0.15) is 0 Å². The van der Waals surface area contributed by atoms with Crippen LogP contribution in [0.15, 0.2) is 46.2 Å². The van der Waals surface area contributed by atoms with Gasteiger partial charge in [0.2, 0.25) is 11.1 Å².